The summed E-state index contributed by atoms with van der Waals surface area (Å²) >= 11 is 13.3. The number of carboxylic acids is 1. The van der Waals surface area contributed by atoms with Gasteiger partial charge in [-0.25, -0.2) is 29.1 Å². The standard InChI is InChI=1S/C27H31Cl2FN10O3S/c1-13-18(28)19(29)21(33-13)23(41)34-15-8-11-40(12-14(15)30)27(17-7-10-32-26(36-17)39(4)5)37-20(22(44-27)24(42)43)16-6-9-31-25(35-16)38(2)3/h6-7,9-10,14-15,33,37H,8,11-12H2,1-5H3,(H,34,41)(H,42,43)/t14-,15+,27?/m0/s1. The molecule has 1 saturated heterocycles. The van der Waals surface area contributed by atoms with Crippen molar-refractivity contribution in [2.45, 2.75) is 30.6 Å². The van der Waals surface area contributed by atoms with E-state index in [1.54, 1.807) is 74.3 Å². The summed E-state index contributed by atoms with van der Waals surface area (Å²) in [5, 5.41) is 16.7. The van der Waals surface area contributed by atoms with E-state index < -0.39 is 29.1 Å². The molecule has 0 radical (unpaired) electrons. The third kappa shape index (κ3) is 5.88. The van der Waals surface area contributed by atoms with Crippen LogP contribution in [-0.4, -0.2) is 100 Å². The van der Waals surface area contributed by atoms with Crippen molar-refractivity contribution in [3.05, 3.63) is 62.3 Å². The van der Waals surface area contributed by atoms with Crippen molar-refractivity contribution in [3.63, 3.8) is 0 Å². The SMILES string of the molecule is Cc1[nH]c(C(=O)N[C@@H]2CCN(C3(c4ccnc(N(C)C)n4)NC(c4ccnc(N(C)C)n4)=C(C(=O)O)S3)C[C@@H]2F)c(Cl)c1Cl. The third-order valence-corrected chi connectivity index (χ3v) is 9.63. The maximum atomic E-state index is 16.0. The predicted molar refractivity (Wildman–Crippen MR) is 168 cm³/mol. The first-order valence-electron chi connectivity index (χ1n) is 13.5. The second-order valence-corrected chi connectivity index (χ2v) is 12.7. The van der Waals surface area contributed by atoms with Crippen molar-refractivity contribution in [3.8, 4) is 0 Å². The average molecular weight is 666 g/mol. The molecule has 3 atom stereocenters. The Morgan fingerprint density at radius 1 is 1.11 bits per heavy atom. The maximum Gasteiger partial charge on any atom is 0.344 e. The molecule has 2 aliphatic heterocycles. The van der Waals surface area contributed by atoms with Gasteiger partial charge in [-0.15, -0.1) is 0 Å². The van der Waals surface area contributed by atoms with Gasteiger partial charge in [-0.1, -0.05) is 35.0 Å². The van der Waals surface area contributed by atoms with E-state index in [2.05, 4.69) is 30.6 Å². The minimum Gasteiger partial charge on any atom is -0.477 e. The van der Waals surface area contributed by atoms with E-state index >= 15 is 4.39 Å². The van der Waals surface area contributed by atoms with Crippen LogP contribution in [0.15, 0.2) is 29.4 Å². The first-order valence-corrected chi connectivity index (χ1v) is 15.1. The fourth-order valence-corrected chi connectivity index (χ4v) is 6.70. The number of halogens is 3. The van der Waals surface area contributed by atoms with E-state index in [-0.39, 0.29) is 45.9 Å². The van der Waals surface area contributed by atoms with Crippen molar-refractivity contribution in [1.82, 2.24) is 40.5 Å². The van der Waals surface area contributed by atoms with E-state index in [4.69, 9.17) is 28.2 Å². The molecule has 2 aliphatic rings. The minimum absolute atomic E-state index is 0.0158. The molecule has 1 amide bonds. The van der Waals surface area contributed by atoms with Crippen LogP contribution in [0, 0.1) is 6.92 Å². The van der Waals surface area contributed by atoms with Crippen LogP contribution in [0.25, 0.3) is 5.70 Å². The van der Waals surface area contributed by atoms with Gasteiger partial charge in [0.2, 0.25) is 11.9 Å². The highest BCUT2D eigenvalue weighted by atomic mass is 35.5. The fourth-order valence-electron chi connectivity index (χ4n) is 4.98. The number of rotatable bonds is 8. The topological polar surface area (TPSA) is 156 Å². The zero-order valence-electron chi connectivity index (χ0n) is 24.5. The first-order chi connectivity index (χ1) is 20.8. The van der Waals surface area contributed by atoms with Gasteiger partial charge in [0.05, 0.1) is 33.2 Å². The first kappa shape index (κ1) is 31.8. The number of aliphatic carboxylic acids is 1. The van der Waals surface area contributed by atoms with Crippen molar-refractivity contribution in [2.24, 2.45) is 0 Å². The van der Waals surface area contributed by atoms with Gasteiger partial charge in [0.15, 0.2) is 4.99 Å². The number of hydrogen-bond acceptors (Lipinski definition) is 11. The highest BCUT2D eigenvalue weighted by molar-refractivity contribution is 8.05. The third-order valence-electron chi connectivity index (χ3n) is 7.24. The molecule has 1 fully saturated rings. The molecule has 0 saturated carbocycles. The Bertz CT molecular complexity index is 1640. The number of hydrogen-bond donors (Lipinski definition) is 4. The Labute approximate surface area is 267 Å². The van der Waals surface area contributed by atoms with Gasteiger partial charge in [-0.2, -0.15) is 0 Å². The number of H-pyrrole nitrogens is 1. The number of thioether (sulfide) groups is 1. The molecule has 44 heavy (non-hydrogen) atoms. The number of carbonyl (C=O) groups is 2. The highest BCUT2D eigenvalue weighted by Gasteiger charge is 2.52. The summed E-state index contributed by atoms with van der Waals surface area (Å²) in [6.07, 6.45) is 1.80. The quantitative estimate of drug-likeness (QED) is 0.280. The van der Waals surface area contributed by atoms with E-state index in [9.17, 15) is 14.7 Å². The van der Waals surface area contributed by atoms with Crippen LogP contribution in [0.3, 0.4) is 0 Å². The molecule has 5 heterocycles. The number of aryl methyl sites for hydroxylation is 1. The van der Waals surface area contributed by atoms with E-state index in [0.717, 1.165) is 11.8 Å². The largest absolute Gasteiger partial charge is 0.477 e. The smallest absolute Gasteiger partial charge is 0.344 e. The normalized spacial score (nSPS) is 22.1. The summed E-state index contributed by atoms with van der Waals surface area (Å²) in [6, 6.07) is 2.44. The Morgan fingerprint density at radius 3 is 2.36 bits per heavy atom. The molecule has 3 aromatic rings. The molecule has 0 aromatic carbocycles. The lowest BCUT2D eigenvalue weighted by molar-refractivity contribution is -0.131. The lowest BCUT2D eigenvalue weighted by atomic mass is 10.0. The molecule has 4 N–H and O–H groups in total. The summed E-state index contributed by atoms with van der Waals surface area (Å²) in [4.78, 5) is 50.1. The van der Waals surface area contributed by atoms with Gasteiger partial charge < -0.3 is 30.5 Å². The molecule has 234 valence electrons. The Morgan fingerprint density at radius 2 is 1.77 bits per heavy atom. The second-order valence-electron chi connectivity index (χ2n) is 10.7. The number of anilines is 2. The zero-order valence-corrected chi connectivity index (χ0v) is 26.9. The van der Waals surface area contributed by atoms with Crippen LogP contribution >= 0.6 is 35.0 Å². The van der Waals surface area contributed by atoms with Gasteiger partial charge in [-0.05, 0) is 25.5 Å². The van der Waals surface area contributed by atoms with Gasteiger partial charge in [-0.3, -0.25) is 9.69 Å². The lowest BCUT2D eigenvalue weighted by Crippen LogP contribution is -2.60. The number of carbonyl (C=O) groups excluding carboxylic acids is 1. The number of carboxylic acid groups (broad SMARTS) is 1. The molecular weight excluding hydrogens is 634 g/mol. The Hall–Kier alpha value is -3.66. The average Bonchev–Trinajstić information content (AvgIpc) is 3.53. The van der Waals surface area contributed by atoms with Crippen LogP contribution in [0.2, 0.25) is 10.0 Å². The highest BCUT2D eigenvalue weighted by Crippen LogP contribution is 2.50. The van der Waals surface area contributed by atoms with Crippen molar-refractivity contribution < 1.29 is 19.1 Å². The van der Waals surface area contributed by atoms with Crippen molar-refractivity contribution in [1.29, 1.82) is 0 Å². The number of aromatic amines is 1. The Kier molecular flexibility index (Phi) is 8.94. The van der Waals surface area contributed by atoms with Crippen molar-refractivity contribution in [2.75, 3.05) is 51.1 Å². The lowest BCUT2D eigenvalue weighted by Gasteiger charge is -2.45. The number of nitrogens with one attached hydrogen (secondary N) is 3. The number of piperidine rings is 1. The fraction of sp³-hybridized carbons (Fsp3) is 0.407. The van der Waals surface area contributed by atoms with E-state index in [1.165, 1.54) is 0 Å². The van der Waals surface area contributed by atoms with Crippen LogP contribution < -0.4 is 20.4 Å². The number of nitrogens with zero attached hydrogens (tertiary/aromatic N) is 7. The van der Waals surface area contributed by atoms with E-state index in [1.807, 2.05) is 0 Å². The van der Waals surface area contributed by atoms with E-state index in [0.29, 0.717) is 29.0 Å². The van der Waals surface area contributed by atoms with Crippen LogP contribution in [0.4, 0.5) is 16.3 Å². The van der Waals surface area contributed by atoms with Gasteiger partial charge in [0, 0.05) is 59.4 Å². The van der Waals surface area contributed by atoms with Crippen LogP contribution in [0.1, 0.15) is 34.0 Å². The van der Waals surface area contributed by atoms with Gasteiger partial charge in [0.1, 0.15) is 16.8 Å². The maximum absolute atomic E-state index is 16.0. The molecule has 0 aliphatic carbocycles. The number of aromatic nitrogens is 5. The molecule has 1 unspecified atom stereocenters. The summed E-state index contributed by atoms with van der Waals surface area (Å²) in [7, 11) is 7.13. The van der Waals surface area contributed by atoms with Crippen LogP contribution in [0.5, 0.6) is 0 Å². The second kappa shape index (κ2) is 12.4. The summed E-state index contributed by atoms with van der Waals surface area (Å²) in [5.41, 5.74) is 1.62. The Balaban J connectivity index is 1.49. The molecule has 17 heteroatoms. The molecule has 3 aromatic heterocycles. The summed E-state index contributed by atoms with van der Waals surface area (Å²) in [5.74, 6) is -0.970. The molecular formula is C27H31Cl2FN10O3S. The number of likely N-dealkylation sites (tertiary alicyclic amines) is 1. The van der Waals surface area contributed by atoms with Gasteiger partial charge in [0.25, 0.3) is 5.91 Å². The molecule has 13 nitrogen and oxygen atoms in total. The number of amides is 1. The zero-order chi connectivity index (χ0) is 31.9. The number of alkyl halides is 1. The minimum atomic E-state index is -1.52. The predicted octanol–water partition coefficient (Wildman–Crippen LogP) is 3.08. The monoisotopic (exact) mass is 664 g/mol. The van der Waals surface area contributed by atoms with Crippen molar-refractivity contribution >= 4 is 64.4 Å². The molecule has 5 rings (SSSR count). The molecule has 0 spiro atoms. The molecule has 0 bridgehead atoms. The van der Waals surface area contributed by atoms with Gasteiger partial charge >= 0.3 is 5.97 Å². The van der Waals surface area contributed by atoms with Crippen LogP contribution in [-0.2, 0) is 9.79 Å². The summed E-state index contributed by atoms with van der Waals surface area (Å²) < 4.78 is 16.0. The summed E-state index contributed by atoms with van der Waals surface area (Å²) in [6.45, 7) is 1.80.